The molecule has 0 heterocycles. The van der Waals surface area contributed by atoms with E-state index in [4.69, 9.17) is 4.74 Å². The minimum Gasteiger partial charge on any atom is -0.469 e. The van der Waals surface area contributed by atoms with E-state index in [2.05, 4.69) is 4.74 Å². The topological polar surface area (TPSA) is 52.6 Å². The second-order valence-corrected chi connectivity index (χ2v) is 4.06. The second kappa shape index (κ2) is 8.79. The Bertz CT molecular complexity index is 281. The number of ether oxygens (including phenoxy) is 2. The normalized spacial score (nSPS) is 13.1. The zero-order chi connectivity index (χ0) is 13.3. The van der Waals surface area contributed by atoms with Gasteiger partial charge in [0.2, 0.25) is 0 Å². The third kappa shape index (κ3) is 7.55. The lowest BCUT2D eigenvalue weighted by molar-refractivity contribution is -0.145. The van der Waals surface area contributed by atoms with Crippen LogP contribution in [-0.4, -0.2) is 25.7 Å². The van der Waals surface area contributed by atoms with Crippen molar-refractivity contribution in [1.82, 2.24) is 0 Å². The van der Waals surface area contributed by atoms with Crippen molar-refractivity contribution in [2.24, 2.45) is 5.92 Å². The molecule has 0 N–H and O–H groups in total. The van der Waals surface area contributed by atoms with Crippen molar-refractivity contribution in [2.45, 2.75) is 40.0 Å². The zero-order valence-electron chi connectivity index (χ0n) is 11.1. The highest BCUT2D eigenvalue weighted by molar-refractivity contribution is 5.82. The Morgan fingerprint density at radius 1 is 1.35 bits per heavy atom. The lowest BCUT2D eigenvalue weighted by Gasteiger charge is -2.08. The molecule has 98 valence electrons. The van der Waals surface area contributed by atoms with E-state index in [1.807, 2.05) is 13.8 Å². The highest BCUT2D eigenvalue weighted by Gasteiger charge is 2.12. The molecule has 0 spiro atoms. The van der Waals surface area contributed by atoms with Gasteiger partial charge < -0.3 is 9.47 Å². The van der Waals surface area contributed by atoms with Gasteiger partial charge in [0, 0.05) is 6.08 Å². The summed E-state index contributed by atoms with van der Waals surface area (Å²) in [6.45, 7) is 5.90. The molecule has 0 amide bonds. The average molecular weight is 242 g/mol. The van der Waals surface area contributed by atoms with E-state index < -0.39 is 0 Å². The summed E-state index contributed by atoms with van der Waals surface area (Å²) in [6, 6.07) is 0. The fourth-order valence-corrected chi connectivity index (χ4v) is 1.46. The van der Waals surface area contributed by atoms with Gasteiger partial charge in [-0.05, 0) is 33.1 Å². The number of carbonyl (C=O) groups excluding carboxylic acids is 2. The number of allylic oxidation sites excluding steroid dienone is 1. The standard InChI is InChI=1S/C13H22O4/c1-5-17-12(14)9-10(2)7-6-8-11(3)13(15)16-4/h9,11H,5-8H2,1-4H3/b10-9+/t11-/m0/s1. The first-order valence-corrected chi connectivity index (χ1v) is 5.93. The van der Waals surface area contributed by atoms with Crippen LogP contribution in [-0.2, 0) is 19.1 Å². The van der Waals surface area contributed by atoms with Gasteiger partial charge in [-0.15, -0.1) is 0 Å². The molecule has 1 atom stereocenters. The molecule has 0 aliphatic rings. The second-order valence-electron chi connectivity index (χ2n) is 4.06. The molecule has 0 unspecified atom stereocenters. The Kier molecular flexibility index (Phi) is 8.11. The van der Waals surface area contributed by atoms with Crippen molar-refractivity contribution in [1.29, 1.82) is 0 Å². The Balaban J connectivity index is 3.88. The van der Waals surface area contributed by atoms with Crippen LogP contribution in [0.25, 0.3) is 0 Å². The molecule has 0 rings (SSSR count). The number of esters is 2. The molecule has 0 aliphatic heterocycles. The Morgan fingerprint density at radius 3 is 2.53 bits per heavy atom. The molecule has 0 saturated heterocycles. The Labute approximate surface area is 103 Å². The third-order valence-corrected chi connectivity index (χ3v) is 2.46. The number of rotatable bonds is 7. The van der Waals surface area contributed by atoms with Gasteiger partial charge in [0.05, 0.1) is 19.6 Å². The minimum atomic E-state index is -0.300. The zero-order valence-corrected chi connectivity index (χ0v) is 11.1. The summed E-state index contributed by atoms with van der Waals surface area (Å²) in [5.41, 5.74) is 0.973. The largest absolute Gasteiger partial charge is 0.469 e. The average Bonchev–Trinajstić information content (AvgIpc) is 2.27. The van der Waals surface area contributed by atoms with Gasteiger partial charge >= 0.3 is 11.9 Å². The van der Waals surface area contributed by atoms with Crippen LogP contribution in [0.3, 0.4) is 0 Å². The highest BCUT2D eigenvalue weighted by Crippen LogP contribution is 2.13. The van der Waals surface area contributed by atoms with Gasteiger partial charge in [0.25, 0.3) is 0 Å². The van der Waals surface area contributed by atoms with Crippen LogP contribution in [0.1, 0.15) is 40.0 Å². The van der Waals surface area contributed by atoms with Crippen LogP contribution >= 0.6 is 0 Å². The molecule has 0 aliphatic carbocycles. The van der Waals surface area contributed by atoms with Crippen molar-refractivity contribution >= 4 is 11.9 Å². The predicted molar refractivity (Wildman–Crippen MR) is 65.4 cm³/mol. The highest BCUT2D eigenvalue weighted by atomic mass is 16.5. The van der Waals surface area contributed by atoms with E-state index in [9.17, 15) is 9.59 Å². The number of carbonyl (C=O) groups is 2. The molecule has 4 heteroatoms. The molecule has 0 radical (unpaired) electrons. The molecular formula is C13H22O4. The molecule has 0 bridgehead atoms. The molecule has 0 fully saturated rings. The Morgan fingerprint density at radius 2 is 2.00 bits per heavy atom. The molecule has 0 saturated carbocycles. The van der Waals surface area contributed by atoms with Crippen molar-refractivity contribution in [3.05, 3.63) is 11.6 Å². The van der Waals surface area contributed by atoms with E-state index in [0.717, 1.165) is 24.8 Å². The first-order valence-electron chi connectivity index (χ1n) is 5.93. The lowest BCUT2D eigenvalue weighted by Crippen LogP contribution is -2.12. The first-order chi connectivity index (χ1) is 8.01. The van der Waals surface area contributed by atoms with Gasteiger partial charge in [-0.1, -0.05) is 12.5 Å². The monoisotopic (exact) mass is 242 g/mol. The van der Waals surface area contributed by atoms with Crippen LogP contribution in [0.4, 0.5) is 0 Å². The molecule has 17 heavy (non-hydrogen) atoms. The van der Waals surface area contributed by atoms with Crippen molar-refractivity contribution in [3.8, 4) is 0 Å². The number of hydrogen-bond acceptors (Lipinski definition) is 4. The van der Waals surface area contributed by atoms with Crippen molar-refractivity contribution in [2.75, 3.05) is 13.7 Å². The summed E-state index contributed by atoms with van der Waals surface area (Å²) < 4.78 is 9.44. The van der Waals surface area contributed by atoms with Crippen LogP contribution in [0.15, 0.2) is 11.6 Å². The summed E-state index contributed by atoms with van der Waals surface area (Å²) in [6.07, 6.45) is 3.92. The predicted octanol–water partition coefficient (Wildman–Crippen LogP) is 2.48. The lowest BCUT2D eigenvalue weighted by atomic mass is 10.0. The SMILES string of the molecule is CCOC(=O)/C=C(\C)CCC[C@H](C)C(=O)OC. The van der Waals surface area contributed by atoms with E-state index >= 15 is 0 Å². The number of methoxy groups -OCH3 is 1. The van der Waals surface area contributed by atoms with Crippen LogP contribution < -0.4 is 0 Å². The van der Waals surface area contributed by atoms with E-state index in [1.54, 1.807) is 6.92 Å². The van der Waals surface area contributed by atoms with E-state index in [0.29, 0.717) is 6.61 Å². The van der Waals surface area contributed by atoms with Crippen LogP contribution in [0.5, 0.6) is 0 Å². The van der Waals surface area contributed by atoms with Crippen molar-refractivity contribution < 1.29 is 19.1 Å². The third-order valence-electron chi connectivity index (χ3n) is 2.46. The molecule has 0 aromatic rings. The summed E-state index contributed by atoms with van der Waals surface area (Å²) >= 11 is 0. The summed E-state index contributed by atoms with van der Waals surface area (Å²) in [7, 11) is 1.39. The molecule has 0 aromatic heterocycles. The molecule has 0 aromatic carbocycles. The maximum atomic E-state index is 11.1. The fraction of sp³-hybridized carbons (Fsp3) is 0.692. The fourth-order valence-electron chi connectivity index (χ4n) is 1.46. The van der Waals surface area contributed by atoms with Gasteiger partial charge in [-0.2, -0.15) is 0 Å². The van der Waals surface area contributed by atoms with Gasteiger partial charge in [-0.3, -0.25) is 4.79 Å². The maximum absolute atomic E-state index is 11.1. The first kappa shape index (κ1) is 15.7. The number of hydrogen-bond donors (Lipinski definition) is 0. The van der Waals surface area contributed by atoms with E-state index in [-0.39, 0.29) is 17.9 Å². The molecule has 4 nitrogen and oxygen atoms in total. The molecular weight excluding hydrogens is 220 g/mol. The quantitative estimate of drug-likeness (QED) is 0.508. The van der Waals surface area contributed by atoms with Crippen LogP contribution in [0.2, 0.25) is 0 Å². The van der Waals surface area contributed by atoms with Crippen molar-refractivity contribution in [3.63, 3.8) is 0 Å². The Hall–Kier alpha value is -1.32. The maximum Gasteiger partial charge on any atom is 0.330 e. The van der Waals surface area contributed by atoms with Gasteiger partial charge in [0.1, 0.15) is 0 Å². The smallest absolute Gasteiger partial charge is 0.330 e. The van der Waals surface area contributed by atoms with Gasteiger partial charge in [0.15, 0.2) is 0 Å². The summed E-state index contributed by atoms with van der Waals surface area (Å²) in [4.78, 5) is 22.3. The van der Waals surface area contributed by atoms with E-state index in [1.165, 1.54) is 13.2 Å². The van der Waals surface area contributed by atoms with Gasteiger partial charge in [-0.25, -0.2) is 4.79 Å². The summed E-state index contributed by atoms with van der Waals surface area (Å²) in [5, 5.41) is 0. The summed E-state index contributed by atoms with van der Waals surface area (Å²) in [5.74, 6) is -0.571. The van der Waals surface area contributed by atoms with Crippen LogP contribution in [0, 0.1) is 5.92 Å². The minimum absolute atomic E-state index is 0.0876.